The highest BCUT2D eigenvalue weighted by Gasteiger charge is 2.23. The molecule has 1 N–H and O–H groups in total. The van der Waals surface area contributed by atoms with Crippen molar-refractivity contribution in [2.75, 3.05) is 51.2 Å². The number of aromatic nitrogens is 1. The molecular weight excluding hydrogens is 328 g/mol. The lowest BCUT2D eigenvalue weighted by molar-refractivity contribution is 0.193. The Labute approximate surface area is 156 Å². The number of rotatable bonds is 7. The van der Waals surface area contributed by atoms with Crippen LogP contribution < -0.4 is 10.2 Å². The fraction of sp³-hybridized carbons (Fsp3) is 0.632. The van der Waals surface area contributed by atoms with Gasteiger partial charge in [0, 0.05) is 45.0 Å². The van der Waals surface area contributed by atoms with Crippen LogP contribution in [0.3, 0.4) is 0 Å². The predicted molar refractivity (Wildman–Crippen MR) is 103 cm³/mol. The van der Waals surface area contributed by atoms with Gasteiger partial charge in [-0.05, 0) is 52.4 Å². The van der Waals surface area contributed by atoms with E-state index in [1.165, 1.54) is 0 Å². The minimum atomic E-state index is 0.00314. The van der Waals surface area contributed by atoms with Crippen molar-refractivity contribution in [3.05, 3.63) is 23.9 Å². The van der Waals surface area contributed by atoms with E-state index in [1.54, 1.807) is 18.3 Å². The first-order valence-electron chi connectivity index (χ1n) is 9.36. The molecule has 2 heterocycles. The van der Waals surface area contributed by atoms with Crippen LogP contribution in [0, 0.1) is 11.3 Å². The zero-order chi connectivity index (χ0) is 18.9. The van der Waals surface area contributed by atoms with Gasteiger partial charge in [0.2, 0.25) is 0 Å². The van der Waals surface area contributed by atoms with Crippen LogP contribution in [-0.4, -0.2) is 73.2 Å². The van der Waals surface area contributed by atoms with Crippen molar-refractivity contribution in [1.29, 1.82) is 5.26 Å². The van der Waals surface area contributed by atoms with Gasteiger partial charge in [0.1, 0.15) is 11.9 Å². The van der Waals surface area contributed by atoms with Crippen LogP contribution in [0.4, 0.5) is 10.6 Å². The Morgan fingerprint density at radius 2 is 2.08 bits per heavy atom. The average molecular weight is 358 g/mol. The molecule has 0 atom stereocenters. The summed E-state index contributed by atoms with van der Waals surface area (Å²) >= 11 is 0. The third-order valence-electron chi connectivity index (χ3n) is 4.87. The smallest absolute Gasteiger partial charge is 0.317 e. The number of anilines is 1. The molecule has 0 aliphatic carbocycles. The van der Waals surface area contributed by atoms with Gasteiger partial charge in [-0.15, -0.1) is 0 Å². The molecule has 0 spiro atoms. The summed E-state index contributed by atoms with van der Waals surface area (Å²) in [5.74, 6) is 0.712. The molecule has 1 aliphatic rings. The summed E-state index contributed by atoms with van der Waals surface area (Å²) in [5.41, 5.74) is 0.580. The quantitative estimate of drug-likeness (QED) is 0.754. The number of amides is 2. The van der Waals surface area contributed by atoms with E-state index in [0.717, 1.165) is 19.4 Å². The lowest BCUT2D eigenvalue weighted by atomic mass is 10.2. The van der Waals surface area contributed by atoms with Crippen LogP contribution in [-0.2, 0) is 0 Å². The van der Waals surface area contributed by atoms with E-state index in [9.17, 15) is 10.1 Å². The second kappa shape index (κ2) is 9.97. The summed E-state index contributed by atoms with van der Waals surface area (Å²) in [6.45, 7) is 8.81. The molecule has 1 aromatic heterocycles. The van der Waals surface area contributed by atoms with Gasteiger partial charge in [0.15, 0.2) is 0 Å². The highest BCUT2D eigenvalue weighted by molar-refractivity contribution is 5.74. The maximum absolute atomic E-state index is 12.3. The number of carbonyl (C=O) groups is 1. The van der Waals surface area contributed by atoms with Crippen molar-refractivity contribution in [2.24, 2.45) is 0 Å². The van der Waals surface area contributed by atoms with Gasteiger partial charge in [0.25, 0.3) is 0 Å². The van der Waals surface area contributed by atoms with Gasteiger partial charge < -0.3 is 20.0 Å². The second-order valence-electron chi connectivity index (χ2n) is 6.97. The van der Waals surface area contributed by atoms with Gasteiger partial charge in [-0.3, -0.25) is 0 Å². The number of carbonyl (C=O) groups excluding carboxylic acids is 1. The Morgan fingerprint density at radius 3 is 2.73 bits per heavy atom. The van der Waals surface area contributed by atoms with Crippen LogP contribution in [0.1, 0.15) is 32.3 Å². The molecule has 7 heteroatoms. The second-order valence-corrected chi connectivity index (χ2v) is 6.97. The van der Waals surface area contributed by atoms with Crippen LogP contribution in [0.5, 0.6) is 0 Å². The maximum atomic E-state index is 12.3. The topological polar surface area (TPSA) is 75.5 Å². The number of hydrogen-bond donors (Lipinski definition) is 1. The molecule has 1 aliphatic heterocycles. The van der Waals surface area contributed by atoms with Crippen molar-refractivity contribution in [3.63, 3.8) is 0 Å². The van der Waals surface area contributed by atoms with Gasteiger partial charge in [0.05, 0.1) is 5.56 Å². The molecule has 0 bridgehead atoms. The van der Waals surface area contributed by atoms with Crippen LogP contribution in [0.2, 0.25) is 0 Å². The van der Waals surface area contributed by atoms with Crippen LogP contribution >= 0.6 is 0 Å². The number of nitrogens with zero attached hydrogens (tertiary/aromatic N) is 5. The first kappa shape index (κ1) is 20.0. The van der Waals surface area contributed by atoms with E-state index in [0.29, 0.717) is 50.1 Å². The van der Waals surface area contributed by atoms with E-state index in [2.05, 4.69) is 47.1 Å². The Morgan fingerprint density at radius 1 is 1.35 bits per heavy atom. The molecule has 26 heavy (non-hydrogen) atoms. The van der Waals surface area contributed by atoms with Crippen molar-refractivity contribution < 1.29 is 4.79 Å². The molecule has 0 saturated carbocycles. The Bertz CT molecular complexity index is 619. The number of unbranched alkanes of at least 4 members (excludes halogenated alkanes) is 1. The van der Waals surface area contributed by atoms with Crippen molar-refractivity contribution >= 4 is 11.8 Å². The zero-order valence-electron chi connectivity index (χ0n) is 16.1. The maximum Gasteiger partial charge on any atom is 0.317 e. The average Bonchev–Trinajstić information content (AvgIpc) is 2.67. The third kappa shape index (κ3) is 5.60. The Hall–Kier alpha value is -2.33. The lowest BCUT2D eigenvalue weighted by Crippen LogP contribution is -2.52. The minimum Gasteiger partial charge on any atom is -0.352 e. The number of hydrogen-bond acceptors (Lipinski definition) is 5. The highest BCUT2D eigenvalue weighted by Crippen LogP contribution is 2.17. The van der Waals surface area contributed by atoms with Crippen molar-refractivity contribution in [3.8, 4) is 6.07 Å². The molecular formula is C19H30N6O. The Kier molecular flexibility index (Phi) is 7.67. The number of piperazine rings is 1. The summed E-state index contributed by atoms with van der Waals surface area (Å²) in [6, 6.07) is 6.29. The fourth-order valence-corrected chi connectivity index (χ4v) is 2.91. The first-order chi connectivity index (χ1) is 12.5. The zero-order valence-corrected chi connectivity index (χ0v) is 16.1. The summed E-state index contributed by atoms with van der Waals surface area (Å²) in [6.07, 6.45) is 3.77. The van der Waals surface area contributed by atoms with Gasteiger partial charge in [-0.2, -0.15) is 5.26 Å². The first-order valence-corrected chi connectivity index (χ1v) is 9.36. The summed E-state index contributed by atoms with van der Waals surface area (Å²) in [4.78, 5) is 22.8. The monoisotopic (exact) mass is 358 g/mol. The summed E-state index contributed by atoms with van der Waals surface area (Å²) in [5, 5.41) is 12.2. The van der Waals surface area contributed by atoms with Crippen molar-refractivity contribution in [2.45, 2.75) is 32.7 Å². The lowest BCUT2D eigenvalue weighted by Gasteiger charge is -2.35. The van der Waals surface area contributed by atoms with Gasteiger partial charge >= 0.3 is 6.03 Å². The van der Waals surface area contributed by atoms with E-state index in [-0.39, 0.29) is 6.03 Å². The summed E-state index contributed by atoms with van der Waals surface area (Å²) in [7, 11) is 2.13. The standard InChI is InChI=1S/C19H30N6O/c1-16(2)23(3)10-5-4-8-22-19(26)25-13-11-24(12-14-25)18-17(15-20)7-6-9-21-18/h6-7,9,16H,4-5,8,10-14H2,1-3H3,(H,22,26). The fourth-order valence-electron chi connectivity index (χ4n) is 2.91. The molecule has 0 aromatic carbocycles. The molecule has 0 unspecified atom stereocenters. The molecule has 7 nitrogen and oxygen atoms in total. The minimum absolute atomic E-state index is 0.00314. The Balaban J connectivity index is 1.69. The van der Waals surface area contributed by atoms with E-state index < -0.39 is 0 Å². The van der Waals surface area contributed by atoms with Crippen LogP contribution in [0.15, 0.2) is 18.3 Å². The molecule has 1 fully saturated rings. The van der Waals surface area contributed by atoms with E-state index in [1.807, 2.05) is 4.90 Å². The summed E-state index contributed by atoms with van der Waals surface area (Å²) < 4.78 is 0. The highest BCUT2D eigenvalue weighted by atomic mass is 16.2. The molecule has 1 saturated heterocycles. The SMILES string of the molecule is CC(C)N(C)CCCCNC(=O)N1CCN(c2ncccc2C#N)CC1. The molecule has 2 amide bonds. The van der Waals surface area contributed by atoms with Gasteiger partial charge in [-0.25, -0.2) is 9.78 Å². The number of nitriles is 1. The van der Waals surface area contributed by atoms with E-state index in [4.69, 9.17) is 0 Å². The molecule has 142 valence electrons. The molecule has 0 radical (unpaired) electrons. The van der Waals surface area contributed by atoms with Gasteiger partial charge in [-0.1, -0.05) is 0 Å². The molecule has 2 rings (SSSR count). The third-order valence-corrected chi connectivity index (χ3v) is 4.87. The number of nitrogens with one attached hydrogen (secondary N) is 1. The number of urea groups is 1. The van der Waals surface area contributed by atoms with Crippen molar-refractivity contribution in [1.82, 2.24) is 20.1 Å². The predicted octanol–water partition coefficient (Wildman–Crippen LogP) is 1.91. The number of pyridine rings is 1. The molecule has 1 aromatic rings. The normalized spacial score (nSPS) is 14.6. The largest absolute Gasteiger partial charge is 0.352 e. The van der Waals surface area contributed by atoms with Crippen LogP contribution in [0.25, 0.3) is 0 Å². The van der Waals surface area contributed by atoms with E-state index >= 15 is 0 Å².